The van der Waals surface area contributed by atoms with Crippen molar-refractivity contribution in [3.05, 3.63) is 53.1 Å². The summed E-state index contributed by atoms with van der Waals surface area (Å²) >= 11 is 5.85. The summed E-state index contributed by atoms with van der Waals surface area (Å²) in [6.07, 6.45) is 0.896. The highest BCUT2D eigenvalue weighted by Crippen LogP contribution is 2.27. The zero-order chi connectivity index (χ0) is 15.2. The molecule has 0 unspecified atom stereocenters. The van der Waals surface area contributed by atoms with Crippen LogP contribution in [0, 0.1) is 0 Å². The number of carbonyl (C=O) groups is 1. The van der Waals surface area contributed by atoms with Crippen LogP contribution in [0.3, 0.4) is 0 Å². The van der Waals surface area contributed by atoms with Crippen LogP contribution in [-0.2, 0) is 0 Å². The van der Waals surface area contributed by atoms with Crippen LogP contribution in [0.4, 0.5) is 5.69 Å². The van der Waals surface area contributed by atoms with E-state index in [1.54, 1.807) is 30.3 Å². The van der Waals surface area contributed by atoms with Crippen molar-refractivity contribution in [2.75, 3.05) is 11.9 Å². The van der Waals surface area contributed by atoms with Crippen molar-refractivity contribution in [1.82, 2.24) is 0 Å². The molecule has 1 amide bonds. The van der Waals surface area contributed by atoms with Crippen LogP contribution in [0.25, 0.3) is 0 Å². The Morgan fingerprint density at radius 2 is 2.10 bits per heavy atom. The minimum absolute atomic E-state index is 0.0360. The Bertz CT molecular complexity index is 643. The van der Waals surface area contributed by atoms with Gasteiger partial charge in [-0.15, -0.1) is 0 Å². The van der Waals surface area contributed by atoms with Crippen LogP contribution in [0.5, 0.6) is 11.5 Å². The Labute approximate surface area is 128 Å². The van der Waals surface area contributed by atoms with E-state index in [4.69, 9.17) is 16.3 Å². The number of hydrogen-bond acceptors (Lipinski definition) is 3. The molecule has 4 nitrogen and oxygen atoms in total. The summed E-state index contributed by atoms with van der Waals surface area (Å²) in [5, 5.41) is 12.8. The van der Waals surface area contributed by atoms with Crippen LogP contribution in [0.1, 0.15) is 23.7 Å². The number of nitrogens with one attached hydrogen (secondary N) is 1. The molecule has 0 radical (unpaired) electrons. The van der Waals surface area contributed by atoms with E-state index in [1.165, 1.54) is 12.1 Å². The first-order valence-electron chi connectivity index (χ1n) is 6.63. The number of phenolic OH excluding ortho intramolecular Hbond substituents is 1. The molecule has 2 N–H and O–H groups in total. The fraction of sp³-hybridized carbons (Fsp3) is 0.188. The molecule has 0 saturated heterocycles. The summed E-state index contributed by atoms with van der Waals surface area (Å²) in [5.74, 6) is 0.264. The van der Waals surface area contributed by atoms with Crippen molar-refractivity contribution >= 4 is 23.2 Å². The summed E-state index contributed by atoms with van der Waals surface area (Å²) < 4.78 is 5.49. The molecule has 0 aromatic heterocycles. The van der Waals surface area contributed by atoms with Crippen molar-refractivity contribution in [3.63, 3.8) is 0 Å². The van der Waals surface area contributed by atoms with Gasteiger partial charge in [0.05, 0.1) is 12.3 Å². The third-order valence-electron chi connectivity index (χ3n) is 2.78. The molecule has 0 spiro atoms. The zero-order valence-corrected chi connectivity index (χ0v) is 12.4. The number of hydrogen-bond donors (Lipinski definition) is 2. The van der Waals surface area contributed by atoms with E-state index in [-0.39, 0.29) is 17.3 Å². The first-order valence-corrected chi connectivity index (χ1v) is 7.00. The molecule has 0 aliphatic rings. The number of aromatic hydroxyl groups is 1. The topological polar surface area (TPSA) is 58.6 Å². The van der Waals surface area contributed by atoms with E-state index >= 15 is 0 Å². The maximum Gasteiger partial charge on any atom is 0.255 e. The van der Waals surface area contributed by atoms with Gasteiger partial charge in [0, 0.05) is 10.6 Å². The lowest BCUT2D eigenvalue weighted by molar-refractivity contribution is 0.102. The minimum Gasteiger partial charge on any atom is -0.506 e. The quantitative estimate of drug-likeness (QED) is 0.818. The number of halogens is 1. The molecule has 0 aliphatic heterocycles. The summed E-state index contributed by atoms with van der Waals surface area (Å²) in [6, 6.07) is 11.3. The summed E-state index contributed by atoms with van der Waals surface area (Å²) in [4.78, 5) is 12.2. The van der Waals surface area contributed by atoms with E-state index < -0.39 is 0 Å². The zero-order valence-electron chi connectivity index (χ0n) is 11.6. The van der Waals surface area contributed by atoms with Gasteiger partial charge in [-0.1, -0.05) is 24.6 Å². The molecule has 2 aromatic rings. The second-order valence-electron chi connectivity index (χ2n) is 4.49. The van der Waals surface area contributed by atoms with Gasteiger partial charge in [0.2, 0.25) is 0 Å². The van der Waals surface area contributed by atoms with Crippen LogP contribution in [0.2, 0.25) is 5.02 Å². The van der Waals surface area contributed by atoms with E-state index in [0.29, 0.717) is 22.9 Å². The Balaban J connectivity index is 2.14. The monoisotopic (exact) mass is 305 g/mol. The highest BCUT2D eigenvalue weighted by Gasteiger charge is 2.10. The number of anilines is 1. The lowest BCUT2D eigenvalue weighted by Gasteiger charge is -2.09. The van der Waals surface area contributed by atoms with Crippen LogP contribution in [-0.4, -0.2) is 17.6 Å². The van der Waals surface area contributed by atoms with Crippen molar-refractivity contribution in [1.29, 1.82) is 0 Å². The SMILES string of the molecule is CCCOc1cccc(C(=O)Nc2cc(Cl)ccc2O)c1. The van der Waals surface area contributed by atoms with Crippen LogP contribution in [0.15, 0.2) is 42.5 Å². The molecule has 0 atom stereocenters. The van der Waals surface area contributed by atoms with E-state index in [1.807, 2.05) is 6.92 Å². The predicted molar refractivity (Wildman–Crippen MR) is 83.3 cm³/mol. The molecule has 5 heteroatoms. The molecule has 0 bridgehead atoms. The van der Waals surface area contributed by atoms with Crippen LogP contribution >= 0.6 is 11.6 Å². The van der Waals surface area contributed by atoms with Crippen molar-refractivity contribution in [3.8, 4) is 11.5 Å². The van der Waals surface area contributed by atoms with Gasteiger partial charge in [-0.2, -0.15) is 0 Å². The number of rotatable bonds is 5. The summed E-state index contributed by atoms with van der Waals surface area (Å²) in [7, 11) is 0. The molecule has 2 rings (SSSR count). The van der Waals surface area contributed by atoms with Crippen LogP contribution < -0.4 is 10.1 Å². The first kappa shape index (κ1) is 15.2. The normalized spacial score (nSPS) is 10.2. The number of phenols is 1. The highest BCUT2D eigenvalue weighted by atomic mass is 35.5. The molecule has 110 valence electrons. The van der Waals surface area contributed by atoms with Crippen molar-refractivity contribution < 1.29 is 14.6 Å². The number of carbonyl (C=O) groups excluding carboxylic acids is 1. The second kappa shape index (κ2) is 6.99. The standard InChI is InChI=1S/C16H16ClNO3/c1-2-8-21-13-5-3-4-11(9-13)16(20)18-14-10-12(17)6-7-15(14)19/h3-7,9-10,19H,2,8H2,1H3,(H,18,20). The van der Waals surface area contributed by atoms with Gasteiger partial charge in [-0.3, -0.25) is 4.79 Å². The Kier molecular flexibility index (Phi) is 5.06. The lowest BCUT2D eigenvalue weighted by atomic mass is 10.2. The molecular formula is C16H16ClNO3. The third kappa shape index (κ3) is 4.13. The maximum absolute atomic E-state index is 12.2. The van der Waals surface area contributed by atoms with Gasteiger partial charge in [0.25, 0.3) is 5.91 Å². The molecule has 21 heavy (non-hydrogen) atoms. The number of ether oxygens (including phenoxy) is 1. The molecule has 2 aromatic carbocycles. The minimum atomic E-state index is -0.338. The van der Waals surface area contributed by atoms with Gasteiger partial charge in [0.15, 0.2) is 0 Å². The van der Waals surface area contributed by atoms with Gasteiger partial charge in [0.1, 0.15) is 11.5 Å². The largest absolute Gasteiger partial charge is 0.506 e. The van der Waals surface area contributed by atoms with Gasteiger partial charge in [-0.05, 0) is 42.8 Å². The number of amides is 1. The van der Waals surface area contributed by atoms with E-state index in [9.17, 15) is 9.90 Å². The Hall–Kier alpha value is -2.20. The first-order chi connectivity index (χ1) is 10.1. The van der Waals surface area contributed by atoms with Crippen molar-refractivity contribution in [2.24, 2.45) is 0 Å². The fourth-order valence-corrected chi connectivity index (χ4v) is 1.92. The lowest BCUT2D eigenvalue weighted by Crippen LogP contribution is -2.12. The van der Waals surface area contributed by atoms with Gasteiger partial charge >= 0.3 is 0 Å². The predicted octanol–water partition coefficient (Wildman–Crippen LogP) is 4.09. The molecule has 0 aliphatic carbocycles. The molecular weight excluding hydrogens is 290 g/mol. The summed E-state index contributed by atoms with van der Waals surface area (Å²) in [6.45, 7) is 2.61. The fourth-order valence-electron chi connectivity index (χ4n) is 1.75. The summed E-state index contributed by atoms with van der Waals surface area (Å²) in [5.41, 5.74) is 0.718. The van der Waals surface area contributed by atoms with E-state index in [2.05, 4.69) is 5.32 Å². The molecule has 0 fully saturated rings. The third-order valence-corrected chi connectivity index (χ3v) is 3.01. The second-order valence-corrected chi connectivity index (χ2v) is 4.93. The molecule has 0 heterocycles. The number of benzene rings is 2. The Morgan fingerprint density at radius 1 is 1.29 bits per heavy atom. The van der Waals surface area contributed by atoms with Gasteiger partial charge in [-0.25, -0.2) is 0 Å². The highest BCUT2D eigenvalue weighted by molar-refractivity contribution is 6.31. The van der Waals surface area contributed by atoms with E-state index in [0.717, 1.165) is 6.42 Å². The molecule has 0 saturated carbocycles. The van der Waals surface area contributed by atoms with Crippen molar-refractivity contribution in [2.45, 2.75) is 13.3 Å². The smallest absolute Gasteiger partial charge is 0.255 e. The Morgan fingerprint density at radius 3 is 2.86 bits per heavy atom. The average Bonchev–Trinajstić information content (AvgIpc) is 2.49. The average molecular weight is 306 g/mol. The van der Waals surface area contributed by atoms with Gasteiger partial charge < -0.3 is 15.2 Å². The maximum atomic E-state index is 12.2.